The summed E-state index contributed by atoms with van der Waals surface area (Å²) >= 11 is 0. The van der Waals surface area contributed by atoms with Crippen molar-refractivity contribution in [3.8, 4) is 0 Å². The van der Waals surface area contributed by atoms with E-state index in [9.17, 15) is 13.2 Å². The second kappa shape index (κ2) is 7.21. The fourth-order valence-corrected chi connectivity index (χ4v) is 7.07. The molecule has 4 fully saturated rings. The molecule has 4 saturated carbocycles. The van der Waals surface area contributed by atoms with Gasteiger partial charge in [-0.2, -0.15) is 0 Å². The zero-order chi connectivity index (χ0) is 19.9. The van der Waals surface area contributed by atoms with Crippen LogP contribution >= 0.6 is 0 Å². The van der Waals surface area contributed by atoms with Crippen LogP contribution in [-0.4, -0.2) is 33.7 Å². The smallest absolute Gasteiger partial charge is 0.241 e. The third kappa shape index (κ3) is 3.71. The van der Waals surface area contributed by atoms with Crippen molar-refractivity contribution in [2.45, 2.75) is 43.9 Å². The van der Waals surface area contributed by atoms with Gasteiger partial charge in [0.1, 0.15) is 6.54 Å². The molecule has 0 atom stereocenters. The Bertz CT molecular complexity index is 825. The topological polar surface area (TPSA) is 66.5 Å². The van der Waals surface area contributed by atoms with Gasteiger partial charge < -0.3 is 5.32 Å². The molecule has 5 nitrogen and oxygen atoms in total. The van der Waals surface area contributed by atoms with Crippen LogP contribution in [0, 0.1) is 17.8 Å². The zero-order valence-electron chi connectivity index (χ0n) is 16.6. The highest BCUT2D eigenvalue weighted by Gasteiger charge is 2.51. The Kier molecular flexibility index (Phi) is 5.02. The summed E-state index contributed by atoms with van der Waals surface area (Å²) in [7, 11) is -3.55. The molecule has 1 aromatic carbocycles. The molecule has 28 heavy (non-hydrogen) atoms. The van der Waals surface area contributed by atoms with Gasteiger partial charge in [0.05, 0.1) is 11.9 Å². The molecule has 1 aromatic rings. The van der Waals surface area contributed by atoms with E-state index in [-0.39, 0.29) is 17.9 Å². The van der Waals surface area contributed by atoms with Crippen molar-refractivity contribution in [1.29, 1.82) is 0 Å². The molecule has 0 heterocycles. The molecule has 0 aromatic heterocycles. The quantitative estimate of drug-likeness (QED) is 0.712. The molecule has 5 rings (SSSR count). The second-order valence-corrected chi connectivity index (χ2v) is 11.0. The Morgan fingerprint density at radius 3 is 2.14 bits per heavy atom. The van der Waals surface area contributed by atoms with Crippen LogP contribution in [0.15, 0.2) is 36.9 Å². The summed E-state index contributed by atoms with van der Waals surface area (Å²) in [5.41, 5.74) is 2.18. The van der Waals surface area contributed by atoms with Crippen LogP contribution in [0.4, 0.5) is 5.69 Å². The van der Waals surface area contributed by atoms with Crippen LogP contribution in [0.2, 0.25) is 0 Å². The largest absolute Gasteiger partial charge is 0.351 e. The Hall–Kier alpha value is -1.82. The van der Waals surface area contributed by atoms with Crippen LogP contribution < -0.4 is 9.62 Å². The number of benzene rings is 1. The molecule has 0 spiro atoms. The van der Waals surface area contributed by atoms with Gasteiger partial charge in [-0.25, -0.2) is 8.42 Å². The molecule has 4 bridgehead atoms. The molecule has 152 valence electrons. The van der Waals surface area contributed by atoms with E-state index in [4.69, 9.17) is 0 Å². The maximum atomic E-state index is 12.3. The summed E-state index contributed by atoms with van der Waals surface area (Å²) in [4.78, 5) is 12.1. The lowest BCUT2D eigenvalue weighted by Crippen LogP contribution is -2.48. The van der Waals surface area contributed by atoms with Crippen LogP contribution in [0.25, 0.3) is 0 Å². The highest BCUT2D eigenvalue weighted by atomic mass is 32.2. The Labute approximate surface area is 168 Å². The lowest BCUT2D eigenvalue weighted by molar-refractivity contribution is -0.119. The van der Waals surface area contributed by atoms with E-state index in [0.717, 1.165) is 24.0 Å². The molecule has 4 aliphatic rings. The molecule has 4 aliphatic carbocycles. The first-order valence-corrected chi connectivity index (χ1v) is 12.1. The van der Waals surface area contributed by atoms with E-state index < -0.39 is 10.0 Å². The van der Waals surface area contributed by atoms with Gasteiger partial charge in [-0.15, -0.1) is 6.58 Å². The number of nitrogens with one attached hydrogen (secondary N) is 1. The van der Waals surface area contributed by atoms with Crippen molar-refractivity contribution in [2.24, 2.45) is 17.8 Å². The summed E-state index contributed by atoms with van der Waals surface area (Å²) in [5.74, 6) is 2.27. The first kappa shape index (κ1) is 19.5. The van der Waals surface area contributed by atoms with Crippen LogP contribution in [0.5, 0.6) is 0 Å². The predicted octanol–water partition coefficient (Wildman–Crippen LogP) is 3.22. The first-order chi connectivity index (χ1) is 13.3. The molecule has 1 N–H and O–H groups in total. The fourth-order valence-electron chi connectivity index (χ4n) is 6.22. The van der Waals surface area contributed by atoms with E-state index in [0.29, 0.717) is 12.2 Å². The van der Waals surface area contributed by atoms with Gasteiger partial charge in [0.15, 0.2) is 0 Å². The molecule has 0 unspecified atom stereocenters. The maximum absolute atomic E-state index is 12.3. The number of rotatable bonds is 7. The Balaban J connectivity index is 1.56. The Morgan fingerprint density at radius 2 is 1.68 bits per heavy atom. The molecule has 1 amide bonds. The summed E-state index contributed by atoms with van der Waals surface area (Å²) in [5, 5.41) is 2.64. The predicted molar refractivity (Wildman–Crippen MR) is 112 cm³/mol. The van der Waals surface area contributed by atoms with Crippen molar-refractivity contribution in [2.75, 3.05) is 23.7 Å². The van der Waals surface area contributed by atoms with E-state index in [1.807, 2.05) is 12.1 Å². The number of carbonyl (C=O) groups is 1. The van der Waals surface area contributed by atoms with Gasteiger partial charge in [0.2, 0.25) is 15.9 Å². The summed E-state index contributed by atoms with van der Waals surface area (Å²) in [6, 6.07) is 7.94. The standard InChI is InChI=1S/C22H30N2O3S/c1-3-8-23-21(25)15-24(28(2,26)27)20-6-4-19(5-7-20)22-12-16-9-17(13-22)11-18(10-16)14-22/h3-7,16-18H,1,8-15H2,2H3,(H,23,25). The monoisotopic (exact) mass is 402 g/mol. The molecular formula is C22H30N2O3S. The van der Waals surface area contributed by atoms with Crippen molar-refractivity contribution >= 4 is 21.6 Å². The van der Waals surface area contributed by atoms with Crippen LogP contribution in [-0.2, 0) is 20.2 Å². The molecule has 6 heteroatoms. The van der Waals surface area contributed by atoms with Gasteiger partial charge in [0.25, 0.3) is 0 Å². The molecule has 0 saturated heterocycles. The van der Waals surface area contributed by atoms with Gasteiger partial charge in [-0.3, -0.25) is 9.10 Å². The SMILES string of the molecule is C=CCNC(=O)CN(c1ccc(C23CC4CC(CC(C4)C2)C3)cc1)S(C)(=O)=O. The van der Waals surface area contributed by atoms with E-state index in [1.165, 1.54) is 48.4 Å². The summed E-state index contributed by atoms with van der Waals surface area (Å²) in [6.45, 7) is 3.66. The van der Waals surface area contributed by atoms with Gasteiger partial charge in [-0.1, -0.05) is 18.2 Å². The average molecular weight is 403 g/mol. The number of anilines is 1. The number of hydrogen-bond acceptors (Lipinski definition) is 3. The number of carbonyl (C=O) groups excluding carboxylic acids is 1. The van der Waals surface area contributed by atoms with E-state index in [2.05, 4.69) is 24.0 Å². The van der Waals surface area contributed by atoms with Crippen LogP contribution in [0.1, 0.15) is 44.1 Å². The molecular weight excluding hydrogens is 372 g/mol. The van der Waals surface area contributed by atoms with Gasteiger partial charge in [-0.05, 0) is 79.4 Å². The third-order valence-electron chi connectivity index (χ3n) is 6.94. The number of sulfonamides is 1. The highest BCUT2D eigenvalue weighted by molar-refractivity contribution is 7.92. The van der Waals surface area contributed by atoms with Crippen molar-refractivity contribution < 1.29 is 13.2 Å². The highest BCUT2D eigenvalue weighted by Crippen LogP contribution is 2.60. The number of amides is 1. The third-order valence-corrected chi connectivity index (χ3v) is 8.08. The Morgan fingerprint density at radius 1 is 1.14 bits per heavy atom. The summed E-state index contributed by atoms with van der Waals surface area (Å²) in [6.07, 6.45) is 10.7. The normalized spacial score (nSPS) is 30.8. The average Bonchev–Trinajstić information content (AvgIpc) is 2.62. The first-order valence-electron chi connectivity index (χ1n) is 10.2. The van der Waals surface area contributed by atoms with Gasteiger partial charge in [0, 0.05) is 6.54 Å². The minimum Gasteiger partial charge on any atom is -0.351 e. The number of nitrogens with zero attached hydrogens (tertiary/aromatic N) is 1. The van der Waals surface area contributed by atoms with E-state index >= 15 is 0 Å². The lowest BCUT2D eigenvalue weighted by Gasteiger charge is -2.57. The van der Waals surface area contributed by atoms with Gasteiger partial charge >= 0.3 is 0 Å². The zero-order valence-corrected chi connectivity index (χ0v) is 17.4. The van der Waals surface area contributed by atoms with Crippen LogP contribution in [0.3, 0.4) is 0 Å². The minimum absolute atomic E-state index is 0.219. The van der Waals surface area contributed by atoms with Crippen molar-refractivity contribution in [1.82, 2.24) is 5.32 Å². The maximum Gasteiger partial charge on any atom is 0.241 e. The number of hydrogen-bond donors (Lipinski definition) is 1. The minimum atomic E-state index is -3.55. The van der Waals surface area contributed by atoms with Crippen molar-refractivity contribution in [3.63, 3.8) is 0 Å². The van der Waals surface area contributed by atoms with Crippen molar-refractivity contribution in [3.05, 3.63) is 42.5 Å². The fraction of sp³-hybridized carbons (Fsp3) is 0.591. The molecule has 0 radical (unpaired) electrons. The lowest BCUT2D eigenvalue weighted by atomic mass is 9.48. The second-order valence-electron chi connectivity index (χ2n) is 9.11. The van der Waals surface area contributed by atoms with E-state index in [1.54, 1.807) is 6.08 Å². The summed E-state index contributed by atoms with van der Waals surface area (Å²) < 4.78 is 25.7. The molecule has 0 aliphatic heterocycles.